The number of aryl methyl sites for hydroxylation is 2. The van der Waals surface area contributed by atoms with Gasteiger partial charge in [-0.25, -0.2) is 0 Å². The summed E-state index contributed by atoms with van der Waals surface area (Å²) < 4.78 is 0.723. The first-order chi connectivity index (χ1) is 9.63. The summed E-state index contributed by atoms with van der Waals surface area (Å²) in [6, 6.07) is 2.23. The molecular formula is C13H14N2O2S3. The molecule has 0 fully saturated rings. The van der Waals surface area contributed by atoms with Crippen molar-refractivity contribution in [2.24, 2.45) is 0 Å². The maximum atomic E-state index is 10.9. The first-order valence-electron chi connectivity index (χ1n) is 6.48. The molecule has 0 bridgehead atoms. The largest absolute Gasteiger partial charge is 0.480 e. The van der Waals surface area contributed by atoms with Crippen molar-refractivity contribution in [3.8, 4) is 9.88 Å². The summed E-state index contributed by atoms with van der Waals surface area (Å²) in [6.45, 7) is 1.66. The van der Waals surface area contributed by atoms with Gasteiger partial charge < -0.3 is 5.11 Å². The molecule has 0 radical (unpaired) electrons. The fraction of sp³-hybridized carbons (Fsp3) is 0.462. The molecule has 2 aromatic rings. The van der Waals surface area contributed by atoms with Gasteiger partial charge in [0.25, 0.3) is 0 Å². The van der Waals surface area contributed by atoms with Gasteiger partial charge in [-0.15, -0.1) is 21.5 Å². The summed E-state index contributed by atoms with van der Waals surface area (Å²) >= 11 is 4.54. The van der Waals surface area contributed by atoms with Crippen molar-refractivity contribution in [3.63, 3.8) is 0 Å². The van der Waals surface area contributed by atoms with E-state index < -0.39 is 11.2 Å². The van der Waals surface area contributed by atoms with Crippen LogP contribution in [0.25, 0.3) is 9.88 Å². The number of aromatic nitrogens is 2. The van der Waals surface area contributed by atoms with Gasteiger partial charge in [0.15, 0.2) is 9.35 Å². The molecule has 0 saturated heterocycles. The average molecular weight is 326 g/mol. The Morgan fingerprint density at radius 3 is 2.90 bits per heavy atom. The van der Waals surface area contributed by atoms with Crippen LogP contribution < -0.4 is 0 Å². The minimum Gasteiger partial charge on any atom is -0.480 e. The molecule has 0 aliphatic heterocycles. The van der Waals surface area contributed by atoms with Gasteiger partial charge in [-0.2, -0.15) is 0 Å². The molecule has 2 heterocycles. The second-order valence-electron chi connectivity index (χ2n) is 4.74. The molecule has 1 aliphatic rings. The van der Waals surface area contributed by atoms with Crippen molar-refractivity contribution in [1.82, 2.24) is 10.2 Å². The van der Waals surface area contributed by atoms with Crippen LogP contribution in [-0.2, 0) is 17.6 Å². The normalized spacial score (nSPS) is 15.8. The molecule has 7 heteroatoms. The highest BCUT2D eigenvalue weighted by atomic mass is 32.2. The molecule has 3 rings (SSSR count). The number of carboxylic acids is 1. The van der Waals surface area contributed by atoms with Crippen LogP contribution in [0.4, 0.5) is 0 Å². The van der Waals surface area contributed by atoms with E-state index >= 15 is 0 Å². The molecule has 0 saturated carbocycles. The quantitative estimate of drug-likeness (QED) is 0.868. The smallest absolute Gasteiger partial charge is 0.316 e. The van der Waals surface area contributed by atoms with E-state index in [1.165, 1.54) is 64.1 Å². The van der Waals surface area contributed by atoms with E-state index in [0.717, 1.165) is 9.35 Å². The minimum atomic E-state index is -0.821. The Balaban J connectivity index is 1.79. The van der Waals surface area contributed by atoms with Crippen LogP contribution in [0.5, 0.6) is 0 Å². The molecule has 0 spiro atoms. The predicted molar refractivity (Wildman–Crippen MR) is 82.8 cm³/mol. The second kappa shape index (κ2) is 5.83. The molecule has 0 aromatic carbocycles. The fourth-order valence-electron chi connectivity index (χ4n) is 2.15. The van der Waals surface area contributed by atoms with E-state index in [9.17, 15) is 4.79 Å². The molecular weight excluding hydrogens is 312 g/mol. The SMILES string of the molecule is CC(Sc1nnc(-c2cc3c(s2)CCCC3)s1)C(=O)O. The van der Waals surface area contributed by atoms with Crippen LogP contribution in [0, 0.1) is 0 Å². The highest BCUT2D eigenvalue weighted by Crippen LogP contribution is 2.38. The van der Waals surface area contributed by atoms with E-state index in [1.807, 2.05) is 11.3 Å². The third kappa shape index (κ3) is 2.89. The lowest BCUT2D eigenvalue weighted by Gasteiger charge is -2.08. The summed E-state index contributed by atoms with van der Waals surface area (Å²) in [5.74, 6) is -0.821. The van der Waals surface area contributed by atoms with Crippen LogP contribution >= 0.6 is 34.4 Å². The Labute approximate surface area is 129 Å². The predicted octanol–water partition coefficient (Wildman–Crippen LogP) is 3.71. The zero-order valence-corrected chi connectivity index (χ0v) is 13.4. The molecule has 0 amide bonds. The van der Waals surface area contributed by atoms with Crippen LogP contribution in [0.1, 0.15) is 30.2 Å². The number of rotatable bonds is 4. The van der Waals surface area contributed by atoms with Crippen LogP contribution in [0.3, 0.4) is 0 Å². The number of carboxylic acid groups (broad SMARTS) is 1. The number of hydrogen-bond acceptors (Lipinski definition) is 6. The Morgan fingerprint density at radius 1 is 1.35 bits per heavy atom. The first kappa shape index (κ1) is 14.0. The van der Waals surface area contributed by atoms with E-state index in [4.69, 9.17) is 5.11 Å². The van der Waals surface area contributed by atoms with Crippen molar-refractivity contribution in [1.29, 1.82) is 0 Å². The second-order valence-corrected chi connectivity index (χ2v) is 8.44. The van der Waals surface area contributed by atoms with E-state index in [0.29, 0.717) is 0 Å². The van der Waals surface area contributed by atoms with Gasteiger partial charge in [0.1, 0.15) is 5.25 Å². The summed E-state index contributed by atoms with van der Waals surface area (Å²) in [4.78, 5) is 13.5. The molecule has 106 valence electrons. The van der Waals surface area contributed by atoms with Crippen molar-refractivity contribution in [2.75, 3.05) is 0 Å². The molecule has 1 aliphatic carbocycles. The van der Waals surface area contributed by atoms with Crippen LogP contribution in [0.2, 0.25) is 0 Å². The van der Waals surface area contributed by atoms with E-state index in [1.54, 1.807) is 6.92 Å². The Hall–Kier alpha value is -0.920. The number of carbonyl (C=O) groups is 1. The number of thiophene rings is 1. The Kier molecular flexibility index (Phi) is 4.09. The number of nitrogens with zero attached hydrogens (tertiary/aromatic N) is 2. The van der Waals surface area contributed by atoms with Crippen molar-refractivity contribution < 1.29 is 9.90 Å². The number of thioether (sulfide) groups is 1. The van der Waals surface area contributed by atoms with Gasteiger partial charge >= 0.3 is 5.97 Å². The monoisotopic (exact) mass is 326 g/mol. The molecule has 1 unspecified atom stereocenters. The van der Waals surface area contributed by atoms with Gasteiger partial charge in [0.05, 0.1) is 4.88 Å². The van der Waals surface area contributed by atoms with Crippen molar-refractivity contribution in [2.45, 2.75) is 42.2 Å². The van der Waals surface area contributed by atoms with E-state index in [-0.39, 0.29) is 0 Å². The maximum Gasteiger partial charge on any atom is 0.316 e. The first-order valence-corrected chi connectivity index (χ1v) is 8.99. The Bertz CT molecular complexity index is 612. The topological polar surface area (TPSA) is 63.1 Å². The molecule has 20 heavy (non-hydrogen) atoms. The lowest BCUT2D eigenvalue weighted by molar-refractivity contribution is -0.136. The highest BCUT2D eigenvalue weighted by Gasteiger charge is 2.19. The zero-order valence-electron chi connectivity index (χ0n) is 11.0. The number of hydrogen-bond donors (Lipinski definition) is 1. The summed E-state index contributed by atoms with van der Waals surface area (Å²) in [5.41, 5.74) is 1.46. The zero-order chi connectivity index (χ0) is 14.1. The van der Waals surface area contributed by atoms with Crippen molar-refractivity contribution in [3.05, 3.63) is 16.5 Å². The van der Waals surface area contributed by atoms with Crippen molar-refractivity contribution >= 4 is 40.4 Å². The average Bonchev–Trinajstić information content (AvgIpc) is 3.03. The summed E-state index contributed by atoms with van der Waals surface area (Å²) in [7, 11) is 0. The number of fused-ring (bicyclic) bond motifs is 1. The van der Waals surface area contributed by atoms with Gasteiger partial charge in [-0.05, 0) is 44.2 Å². The number of aliphatic carboxylic acids is 1. The van der Waals surface area contributed by atoms with Gasteiger partial charge in [0, 0.05) is 4.88 Å². The van der Waals surface area contributed by atoms with Gasteiger partial charge in [-0.1, -0.05) is 23.1 Å². The Morgan fingerprint density at radius 2 is 2.15 bits per heavy atom. The summed E-state index contributed by atoms with van der Waals surface area (Å²) in [5, 5.41) is 17.6. The van der Waals surface area contributed by atoms with E-state index in [2.05, 4.69) is 16.3 Å². The standard InChI is InChI=1S/C13H14N2O2S3/c1-7(12(16)17)18-13-15-14-11(20-13)10-6-8-4-2-3-5-9(8)19-10/h6-7H,2-5H2,1H3,(H,16,17). The van der Waals surface area contributed by atoms with Gasteiger partial charge in [-0.3, -0.25) is 4.79 Å². The third-order valence-corrected chi connectivity index (χ3v) is 6.74. The van der Waals surface area contributed by atoms with Crippen LogP contribution in [-0.4, -0.2) is 26.5 Å². The highest BCUT2D eigenvalue weighted by molar-refractivity contribution is 8.02. The van der Waals surface area contributed by atoms with Crippen LogP contribution in [0.15, 0.2) is 10.4 Å². The maximum absolute atomic E-state index is 10.9. The summed E-state index contributed by atoms with van der Waals surface area (Å²) in [6.07, 6.45) is 4.90. The fourth-order valence-corrected chi connectivity index (χ4v) is 5.38. The molecule has 1 atom stereocenters. The minimum absolute atomic E-state index is 0.493. The third-order valence-electron chi connectivity index (χ3n) is 3.24. The lowest BCUT2D eigenvalue weighted by Crippen LogP contribution is -2.10. The molecule has 1 N–H and O–H groups in total. The van der Waals surface area contributed by atoms with Gasteiger partial charge in [0.2, 0.25) is 0 Å². The molecule has 2 aromatic heterocycles. The lowest BCUT2D eigenvalue weighted by atomic mass is 9.99. The molecule has 4 nitrogen and oxygen atoms in total.